The molecule has 2 N–H and O–H groups in total. The lowest BCUT2D eigenvalue weighted by molar-refractivity contribution is 0.123. The maximum absolute atomic E-state index is 6.16. The van der Waals surface area contributed by atoms with Crippen molar-refractivity contribution in [2.75, 3.05) is 20.3 Å². The van der Waals surface area contributed by atoms with Gasteiger partial charge in [0.1, 0.15) is 0 Å². The van der Waals surface area contributed by atoms with Crippen LogP contribution in [0.3, 0.4) is 0 Å². The van der Waals surface area contributed by atoms with Crippen LogP contribution >= 0.6 is 11.6 Å². The Labute approximate surface area is 114 Å². The second-order valence-electron chi connectivity index (χ2n) is 5.04. The van der Waals surface area contributed by atoms with E-state index in [4.69, 9.17) is 22.1 Å². The number of benzene rings is 1. The van der Waals surface area contributed by atoms with E-state index in [1.807, 2.05) is 19.1 Å². The van der Waals surface area contributed by atoms with Gasteiger partial charge < -0.3 is 10.5 Å². The number of ether oxygens (including phenoxy) is 1. The first-order valence-electron chi connectivity index (χ1n) is 6.40. The van der Waals surface area contributed by atoms with Crippen molar-refractivity contribution in [3.05, 3.63) is 34.9 Å². The van der Waals surface area contributed by atoms with E-state index >= 15 is 0 Å². The molecule has 0 aromatic heterocycles. The van der Waals surface area contributed by atoms with Crippen molar-refractivity contribution in [2.45, 2.75) is 31.5 Å². The van der Waals surface area contributed by atoms with Crippen LogP contribution in [0.5, 0.6) is 0 Å². The summed E-state index contributed by atoms with van der Waals surface area (Å²) >= 11 is 5.94. The molecule has 0 saturated carbocycles. The van der Waals surface area contributed by atoms with E-state index in [1.165, 1.54) is 5.56 Å². The molecule has 3 unspecified atom stereocenters. The Hall–Kier alpha value is -0.610. The minimum atomic E-state index is 0.0665. The molecular formula is C14H21ClN2O. The van der Waals surface area contributed by atoms with Crippen molar-refractivity contribution in [1.29, 1.82) is 0 Å². The summed E-state index contributed by atoms with van der Waals surface area (Å²) < 4.78 is 5.46. The quantitative estimate of drug-likeness (QED) is 0.912. The second kappa shape index (κ2) is 6.02. The number of likely N-dealkylation sites (N-methyl/N-ethyl adjacent to an activating group) is 1. The number of halogens is 1. The highest BCUT2D eigenvalue weighted by Crippen LogP contribution is 2.27. The van der Waals surface area contributed by atoms with Crippen LogP contribution in [0.15, 0.2) is 24.3 Å². The van der Waals surface area contributed by atoms with Crippen molar-refractivity contribution in [3.8, 4) is 0 Å². The van der Waals surface area contributed by atoms with Gasteiger partial charge in [-0.25, -0.2) is 0 Å². The zero-order valence-corrected chi connectivity index (χ0v) is 11.7. The van der Waals surface area contributed by atoms with Crippen LogP contribution in [-0.2, 0) is 4.74 Å². The molecule has 1 heterocycles. The van der Waals surface area contributed by atoms with Crippen molar-refractivity contribution in [1.82, 2.24) is 4.90 Å². The number of nitrogens with zero attached hydrogens (tertiary/aromatic N) is 1. The molecule has 0 aliphatic carbocycles. The van der Waals surface area contributed by atoms with Gasteiger partial charge in [-0.15, -0.1) is 0 Å². The van der Waals surface area contributed by atoms with Crippen LogP contribution in [0.4, 0.5) is 0 Å². The Morgan fingerprint density at radius 3 is 2.56 bits per heavy atom. The number of hydrogen-bond acceptors (Lipinski definition) is 3. The van der Waals surface area contributed by atoms with Crippen LogP contribution in [-0.4, -0.2) is 37.2 Å². The third-order valence-corrected chi connectivity index (χ3v) is 3.88. The first-order valence-corrected chi connectivity index (χ1v) is 6.78. The Bertz CT molecular complexity index is 374. The zero-order valence-electron chi connectivity index (χ0n) is 11.0. The monoisotopic (exact) mass is 268 g/mol. The molecule has 1 aromatic rings. The van der Waals surface area contributed by atoms with Crippen LogP contribution < -0.4 is 5.73 Å². The van der Waals surface area contributed by atoms with E-state index < -0.39 is 0 Å². The summed E-state index contributed by atoms with van der Waals surface area (Å²) in [6.07, 6.45) is 1.08. The summed E-state index contributed by atoms with van der Waals surface area (Å²) in [6.45, 7) is 3.69. The van der Waals surface area contributed by atoms with Crippen molar-refractivity contribution in [3.63, 3.8) is 0 Å². The minimum absolute atomic E-state index is 0.0665. The highest BCUT2D eigenvalue weighted by Gasteiger charge is 2.29. The molecule has 0 radical (unpaired) electrons. The van der Waals surface area contributed by atoms with E-state index in [1.54, 1.807) is 0 Å². The Balaban J connectivity index is 2.19. The van der Waals surface area contributed by atoms with Crippen molar-refractivity contribution in [2.24, 2.45) is 5.73 Å². The average Bonchev–Trinajstić information content (AvgIpc) is 2.85. The lowest BCUT2D eigenvalue weighted by Gasteiger charge is -2.35. The highest BCUT2D eigenvalue weighted by molar-refractivity contribution is 6.30. The molecule has 0 spiro atoms. The fourth-order valence-corrected chi connectivity index (χ4v) is 2.77. The van der Waals surface area contributed by atoms with Crippen molar-refractivity contribution >= 4 is 11.6 Å². The van der Waals surface area contributed by atoms with Crippen molar-refractivity contribution < 1.29 is 4.74 Å². The number of hydrogen-bond donors (Lipinski definition) is 1. The van der Waals surface area contributed by atoms with E-state index in [-0.39, 0.29) is 12.1 Å². The van der Waals surface area contributed by atoms with E-state index in [0.717, 1.165) is 24.7 Å². The lowest BCUT2D eigenvalue weighted by atomic mass is 9.98. The molecule has 0 bridgehead atoms. The summed E-state index contributed by atoms with van der Waals surface area (Å²) in [5, 5.41) is 0.758. The number of nitrogens with two attached hydrogens (primary N) is 1. The van der Waals surface area contributed by atoms with Gasteiger partial charge in [0.2, 0.25) is 0 Å². The third kappa shape index (κ3) is 3.04. The van der Waals surface area contributed by atoms with Crippen LogP contribution in [0.1, 0.15) is 24.9 Å². The molecule has 1 aliphatic rings. The molecule has 100 valence electrons. The Morgan fingerprint density at radius 2 is 2.06 bits per heavy atom. The fourth-order valence-electron chi connectivity index (χ4n) is 2.64. The molecule has 3 atom stereocenters. The molecule has 0 amide bonds. The second-order valence-corrected chi connectivity index (χ2v) is 5.47. The maximum Gasteiger partial charge on any atom is 0.0622 e. The predicted octanol–water partition coefficient (Wildman–Crippen LogP) is 2.45. The predicted molar refractivity (Wildman–Crippen MR) is 74.8 cm³/mol. The molecule has 1 fully saturated rings. The van der Waals surface area contributed by atoms with E-state index in [2.05, 4.69) is 24.1 Å². The molecule has 3 nitrogen and oxygen atoms in total. The number of rotatable bonds is 4. The molecule has 4 heteroatoms. The minimum Gasteiger partial charge on any atom is -0.380 e. The van der Waals surface area contributed by atoms with Crippen LogP contribution in [0.25, 0.3) is 0 Å². The molecule has 1 aliphatic heterocycles. The van der Waals surface area contributed by atoms with E-state index in [9.17, 15) is 0 Å². The van der Waals surface area contributed by atoms with Gasteiger partial charge in [-0.05, 0) is 38.1 Å². The first kappa shape index (κ1) is 13.8. The molecule has 1 aromatic carbocycles. The van der Waals surface area contributed by atoms with Crippen LogP contribution in [0.2, 0.25) is 5.02 Å². The van der Waals surface area contributed by atoms with Gasteiger partial charge in [-0.3, -0.25) is 4.90 Å². The SMILES string of the molecule is CC(N)C(c1ccc(Cl)cc1)N(C)C1CCOC1. The third-order valence-electron chi connectivity index (χ3n) is 3.63. The summed E-state index contributed by atoms with van der Waals surface area (Å²) in [5.41, 5.74) is 7.37. The average molecular weight is 269 g/mol. The first-order chi connectivity index (χ1) is 8.59. The molecule has 1 saturated heterocycles. The summed E-state index contributed by atoms with van der Waals surface area (Å²) in [4.78, 5) is 2.33. The summed E-state index contributed by atoms with van der Waals surface area (Å²) in [5.74, 6) is 0. The fraction of sp³-hybridized carbons (Fsp3) is 0.571. The van der Waals surface area contributed by atoms with Gasteiger partial charge in [0.05, 0.1) is 6.61 Å². The molecular weight excluding hydrogens is 248 g/mol. The van der Waals surface area contributed by atoms with Gasteiger partial charge in [0.15, 0.2) is 0 Å². The maximum atomic E-state index is 6.16. The molecule has 2 rings (SSSR count). The van der Waals surface area contributed by atoms with Gasteiger partial charge >= 0.3 is 0 Å². The largest absolute Gasteiger partial charge is 0.380 e. The highest BCUT2D eigenvalue weighted by atomic mass is 35.5. The Morgan fingerprint density at radius 1 is 1.39 bits per heavy atom. The lowest BCUT2D eigenvalue weighted by Crippen LogP contribution is -2.43. The van der Waals surface area contributed by atoms with E-state index in [0.29, 0.717) is 6.04 Å². The van der Waals surface area contributed by atoms with Gasteiger partial charge in [0.25, 0.3) is 0 Å². The van der Waals surface area contributed by atoms with Gasteiger partial charge in [-0.2, -0.15) is 0 Å². The van der Waals surface area contributed by atoms with Crippen LogP contribution in [0, 0.1) is 0 Å². The van der Waals surface area contributed by atoms with Gasteiger partial charge in [-0.1, -0.05) is 23.7 Å². The molecule has 18 heavy (non-hydrogen) atoms. The summed E-state index contributed by atoms with van der Waals surface area (Å²) in [7, 11) is 2.13. The normalized spacial score (nSPS) is 23.3. The van der Waals surface area contributed by atoms with Gasteiger partial charge in [0, 0.05) is 29.8 Å². The topological polar surface area (TPSA) is 38.5 Å². The zero-order chi connectivity index (χ0) is 13.1. The summed E-state index contributed by atoms with van der Waals surface area (Å²) in [6, 6.07) is 8.68. The Kier molecular flexibility index (Phi) is 4.62. The standard InChI is InChI=1S/C14H21ClN2O/c1-10(16)14(11-3-5-12(15)6-4-11)17(2)13-7-8-18-9-13/h3-6,10,13-14H,7-9,16H2,1-2H3. The smallest absolute Gasteiger partial charge is 0.0622 e.